The van der Waals surface area contributed by atoms with Crippen molar-refractivity contribution < 1.29 is 9.59 Å². The Morgan fingerprint density at radius 1 is 1.15 bits per heavy atom. The smallest absolute Gasteiger partial charge is 0.244 e. The summed E-state index contributed by atoms with van der Waals surface area (Å²) in [5, 5.41) is 7.25. The van der Waals surface area contributed by atoms with Gasteiger partial charge in [0.15, 0.2) is 0 Å². The van der Waals surface area contributed by atoms with E-state index in [9.17, 15) is 9.59 Å². The Hall–Kier alpha value is -1.60. The molecule has 1 aromatic heterocycles. The number of carbonyl (C=O) groups excluding carboxylic acids is 2. The highest BCUT2D eigenvalue weighted by Crippen LogP contribution is 2.27. The lowest BCUT2D eigenvalue weighted by molar-refractivity contribution is -0.141. The summed E-state index contributed by atoms with van der Waals surface area (Å²) in [5.41, 5.74) is 0.871. The number of amides is 2. The molecule has 2 heterocycles. The summed E-state index contributed by atoms with van der Waals surface area (Å²) in [6.07, 6.45) is 10.5. The first-order valence-corrected chi connectivity index (χ1v) is 9.81. The number of hydrogen-bond donors (Lipinski definition) is 1. The van der Waals surface area contributed by atoms with Crippen molar-refractivity contribution in [3.8, 4) is 0 Å². The zero-order valence-corrected chi connectivity index (χ0v) is 17.2. The number of nitrogens with one attached hydrogen (secondary N) is 1. The summed E-state index contributed by atoms with van der Waals surface area (Å²) in [4.78, 5) is 29.2. The molecule has 1 aromatic rings. The lowest BCUT2D eigenvalue weighted by Crippen LogP contribution is -2.53. The maximum atomic E-state index is 12.9. The van der Waals surface area contributed by atoms with Crippen LogP contribution < -0.4 is 5.32 Å². The molecule has 7 nitrogen and oxygen atoms in total. The van der Waals surface area contributed by atoms with Gasteiger partial charge in [-0.15, -0.1) is 12.4 Å². The number of rotatable bonds is 5. The monoisotopic (exact) mass is 397 g/mol. The van der Waals surface area contributed by atoms with E-state index in [1.165, 1.54) is 32.1 Å². The molecule has 1 saturated heterocycles. The number of halogens is 1. The lowest BCUT2D eigenvalue weighted by atomic mass is 9.86. The molecule has 152 valence electrons. The lowest BCUT2D eigenvalue weighted by Gasteiger charge is -2.37. The normalized spacial score (nSPS) is 19.5. The van der Waals surface area contributed by atoms with E-state index in [0.29, 0.717) is 38.5 Å². The van der Waals surface area contributed by atoms with Crippen LogP contribution in [0.5, 0.6) is 0 Å². The minimum absolute atomic E-state index is 0. The molecule has 27 heavy (non-hydrogen) atoms. The Morgan fingerprint density at radius 2 is 1.78 bits per heavy atom. The molecule has 3 rings (SSSR count). The predicted molar refractivity (Wildman–Crippen MR) is 107 cm³/mol. The molecular formula is C19H32ClN5O2. The molecule has 2 amide bonds. The SMILES string of the molecule is CNC(C(=O)N1CCN(C(=O)CC2CCCCC2)CC1)c1cnn(C)c1.Cl. The predicted octanol–water partition coefficient (Wildman–Crippen LogP) is 1.74. The summed E-state index contributed by atoms with van der Waals surface area (Å²) in [6, 6.07) is -0.381. The molecule has 1 atom stereocenters. The Kier molecular flexibility index (Phi) is 8.10. The van der Waals surface area contributed by atoms with Crippen molar-refractivity contribution >= 4 is 24.2 Å². The van der Waals surface area contributed by atoms with E-state index >= 15 is 0 Å². The number of likely N-dealkylation sites (N-methyl/N-ethyl adjacent to an activating group) is 1. The van der Waals surface area contributed by atoms with Crippen molar-refractivity contribution in [2.24, 2.45) is 13.0 Å². The number of nitrogens with zero attached hydrogens (tertiary/aromatic N) is 4. The molecule has 8 heteroatoms. The van der Waals surface area contributed by atoms with Gasteiger partial charge in [-0.2, -0.15) is 5.10 Å². The van der Waals surface area contributed by atoms with Crippen molar-refractivity contribution in [1.29, 1.82) is 0 Å². The summed E-state index contributed by atoms with van der Waals surface area (Å²) < 4.78 is 1.70. The zero-order chi connectivity index (χ0) is 18.5. The third-order valence-electron chi connectivity index (χ3n) is 5.73. The van der Waals surface area contributed by atoms with E-state index in [4.69, 9.17) is 0 Å². The van der Waals surface area contributed by atoms with Crippen LogP contribution in [0.25, 0.3) is 0 Å². The van der Waals surface area contributed by atoms with Crippen molar-refractivity contribution in [1.82, 2.24) is 24.9 Å². The number of aryl methyl sites for hydroxylation is 1. The Balaban J connectivity index is 0.00000261. The summed E-state index contributed by atoms with van der Waals surface area (Å²) in [6.45, 7) is 2.49. The summed E-state index contributed by atoms with van der Waals surface area (Å²) in [5.74, 6) is 0.886. The van der Waals surface area contributed by atoms with Crippen molar-refractivity contribution in [3.63, 3.8) is 0 Å². The summed E-state index contributed by atoms with van der Waals surface area (Å²) >= 11 is 0. The molecule has 1 saturated carbocycles. The largest absolute Gasteiger partial charge is 0.339 e. The number of aromatic nitrogens is 2. The molecule has 0 aromatic carbocycles. The molecule has 1 unspecified atom stereocenters. The van der Waals surface area contributed by atoms with E-state index in [-0.39, 0.29) is 30.3 Å². The molecule has 0 bridgehead atoms. The Bertz CT molecular complexity index is 621. The number of carbonyl (C=O) groups is 2. The minimum atomic E-state index is -0.381. The molecule has 1 N–H and O–H groups in total. The maximum Gasteiger partial charge on any atom is 0.244 e. The number of hydrogen-bond acceptors (Lipinski definition) is 4. The third kappa shape index (κ3) is 5.45. The van der Waals surface area contributed by atoms with Crippen LogP contribution in [0, 0.1) is 5.92 Å². The Labute approximate surface area is 167 Å². The van der Waals surface area contributed by atoms with E-state index < -0.39 is 0 Å². The number of piperazine rings is 1. The van der Waals surface area contributed by atoms with Crippen LogP contribution in [0.3, 0.4) is 0 Å². The molecule has 0 radical (unpaired) electrons. The molecule has 2 aliphatic rings. The van der Waals surface area contributed by atoms with Gasteiger partial charge in [-0.1, -0.05) is 19.3 Å². The molecule has 2 fully saturated rings. The first kappa shape index (κ1) is 21.7. The van der Waals surface area contributed by atoms with E-state index in [1.807, 2.05) is 23.0 Å². The first-order valence-electron chi connectivity index (χ1n) is 9.81. The molecule has 1 aliphatic heterocycles. The van der Waals surface area contributed by atoms with E-state index in [1.54, 1.807) is 17.9 Å². The van der Waals surface area contributed by atoms with Crippen LogP contribution in [0.1, 0.15) is 50.1 Å². The Morgan fingerprint density at radius 3 is 2.33 bits per heavy atom. The van der Waals surface area contributed by atoms with E-state index in [2.05, 4.69) is 10.4 Å². The van der Waals surface area contributed by atoms with Gasteiger partial charge in [-0.05, 0) is 25.8 Å². The summed E-state index contributed by atoms with van der Waals surface area (Å²) in [7, 11) is 3.64. The van der Waals surface area contributed by atoms with Gasteiger partial charge < -0.3 is 15.1 Å². The van der Waals surface area contributed by atoms with Crippen LogP contribution in [0.15, 0.2) is 12.4 Å². The van der Waals surface area contributed by atoms with Gasteiger partial charge in [-0.25, -0.2) is 0 Å². The van der Waals surface area contributed by atoms with Crippen LogP contribution in [-0.2, 0) is 16.6 Å². The van der Waals surface area contributed by atoms with Crippen molar-refractivity contribution in [3.05, 3.63) is 18.0 Å². The van der Waals surface area contributed by atoms with Gasteiger partial charge in [0.25, 0.3) is 0 Å². The van der Waals surface area contributed by atoms with Crippen LogP contribution >= 0.6 is 12.4 Å². The van der Waals surface area contributed by atoms with Gasteiger partial charge in [0.05, 0.1) is 6.20 Å². The molecule has 1 aliphatic carbocycles. The fourth-order valence-corrected chi connectivity index (χ4v) is 4.15. The zero-order valence-electron chi connectivity index (χ0n) is 16.4. The molecule has 0 spiro atoms. The van der Waals surface area contributed by atoms with Gasteiger partial charge in [0, 0.05) is 51.4 Å². The van der Waals surface area contributed by atoms with Gasteiger partial charge in [0.2, 0.25) is 11.8 Å². The minimum Gasteiger partial charge on any atom is -0.339 e. The van der Waals surface area contributed by atoms with Gasteiger partial charge >= 0.3 is 0 Å². The second-order valence-electron chi connectivity index (χ2n) is 7.58. The third-order valence-corrected chi connectivity index (χ3v) is 5.73. The van der Waals surface area contributed by atoms with Crippen LogP contribution in [0.4, 0.5) is 0 Å². The van der Waals surface area contributed by atoms with Crippen molar-refractivity contribution in [2.45, 2.75) is 44.6 Å². The van der Waals surface area contributed by atoms with Crippen LogP contribution in [0.2, 0.25) is 0 Å². The topological polar surface area (TPSA) is 70.5 Å². The highest BCUT2D eigenvalue weighted by Gasteiger charge is 2.30. The highest BCUT2D eigenvalue weighted by atomic mass is 35.5. The fourth-order valence-electron chi connectivity index (χ4n) is 4.15. The van der Waals surface area contributed by atoms with Crippen molar-refractivity contribution in [2.75, 3.05) is 33.2 Å². The van der Waals surface area contributed by atoms with Gasteiger partial charge in [0.1, 0.15) is 6.04 Å². The van der Waals surface area contributed by atoms with E-state index in [0.717, 1.165) is 5.56 Å². The van der Waals surface area contributed by atoms with Gasteiger partial charge in [-0.3, -0.25) is 14.3 Å². The first-order chi connectivity index (χ1) is 12.6. The fraction of sp³-hybridized carbons (Fsp3) is 0.737. The standard InChI is InChI=1S/C19H31N5O2.ClH/c1-20-18(16-13-21-22(2)14-16)19(26)24-10-8-23(9-11-24)17(25)12-15-6-4-3-5-7-15;/h13-15,18,20H,3-12H2,1-2H3;1H. The quantitative estimate of drug-likeness (QED) is 0.821. The maximum absolute atomic E-state index is 12.9. The molecular weight excluding hydrogens is 366 g/mol. The average molecular weight is 398 g/mol. The second kappa shape index (κ2) is 10.1. The van der Waals surface area contributed by atoms with Crippen LogP contribution in [-0.4, -0.2) is 64.6 Å². The highest BCUT2D eigenvalue weighted by molar-refractivity contribution is 5.85. The second-order valence-corrected chi connectivity index (χ2v) is 7.58. The average Bonchev–Trinajstić information content (AvgIpc) is 3.09.